The van der Waals surface area contributed by atoms with E-state index >= 15 is 0 Å². The highest BCUT2D eigenvalue weighted by molar-refractivity contribution is 4.72. The topological polar surface area (TPSA) is 216 Å². The molecular weight excluding hydrogens is 314 g/mol. The van der Waals surface area contributed by atoms with Gasteiger partial charge in [0.25, 0.3) is 6.04 Å². The molecule has 0 radical (unpaired) electrons. The van der Waals surface area contributed by atoms with Crippen molar-refractivity contribution in [1.29, 1.82) is 0 Å². The molecule has 15 nitrogen and oxygen atoms in total. The van der Waals surface area contributed by atoms with Crippen LogP contribution in [0.15, 0.2) is 0 Å². The summed E-state index contributed by atoms with van der Waals surface area (Å²) in [6, 6.07) is -4.86. The number of hydrogen-bond acceptors (Lipinski definition) is 10. The van der Waals surface area contributed by atoms with Crippen LogP contribution in [0.5, 0.6) is 0 Å². The molecule has 0 aliphatic rings. The average Bonchev–Trinajstić information content (AvgIpc) is 2.34. The third-order valence-electron chi connectivity index (χ3n) is 2.74. The Morgan fingerprint density at radius 1 is 0.682 bits per heavy atom. The van der Waals surface area contributed by atoms with E-state index in [0.717, 1.165) is 0 Å². The SMILES string of the molecule is O=[N+]([O-])CCCCC(C(C([N+](=O)[O-])[N+](=O)[O-])[N+](=O)[O-])[N+](=O)[O-]. The van der Waals surface area contributed by atoms with Crippen LogP contribution in [0, 0.1) is 50.6 Å². The van der Waals surface area contributed by atoms with Crippen LogP contribution in [0.2, 0.25) is 0 Å². The highest BCUT2D eigenvalue weighted by Gasteiger charge is 2.60. The minimum absolute atomic E-state index is 0.149. The van der Waals surface area contributed by atoms with Gasteiger partial charge in [-0.15, -0.1) is 0 Å². The third kappa shape index (κ3) is 5.55. The van der Waals surface area contributed by atoms with Gasteiger partial charge < -0.3 is 0 Å². The van der Waals surface area contributed by atoms with Crippen molar-refractivity contribution in [3.63, 3.8) is 0 Å². The van der Waals surface area contributed by atoms with Gasteiger partial charge in [0, 0.05) is 27.6 Å². The lowest BCUT2D eigenvalue weighted by atomic mass is 10.0. The molecule has 0 bridgehead atoms. The summed E-state index contributed by atoms with van der Waals surface area (Å²) >= 11 is 0. The van der Waals surface area contributed by atoms with Crippen molar-refractivity contribution in [2.75, 3.05) is 6.54 Å². The van der Waals surface area contributed by atoms with Gasteiger partial charge in [-0.3, -0.25) is 50.6 Å². The van der Waals surface area contributed by atoms with Crippen molar-refractivity contribution < 1.29 is 24.6 Å². The predicted molar refractivity (Wildman–Crippen MR) is 65.1 cm³/mol. The smallest absolute Gasteiger partial charge is 0.265 e. The number of nitrogens with zero attached hydrogens (tertiary/aromatic N) is 5. The van der Waals surface area contributed by atoms with E-state index in [2.05, 4.69) is 0 Å². The Balaban J connectivity index is 5.23. The van der Waals surface area contributed by atoms with Crippen molar-refractivity contribution in [2.24, 2.45) is 0 Å². The van der Waals surface area contributed by atoms with Crippen LogP contribution in [0.25, 0.3) is 0 Å². The molecule has 2 atom stereocenters. The summed E-state index contributed by atoms with van der Waals surface area (Å²) in [5.74, 6) is 0. The van der Waals surface area contributed by atoms with Gasteiger partial charge in [0.05, 0.1) is 0 Å². The van der Waals surface area contributed by atoms with E-state index in [0.29, 0.717) is 0 Å². The Kier molecular flexibility index (Phi) is 7.19. The quantitative estimate of drug-likeness (QED) is 0.207. The monoisotopic (exact) mass is 325 g/mol. The lowest BCUT2D eigenvalue weighted by Gasteiger charge is -2.13. The lowest BCUT2D eigenvalue weighted by Crippen LogP contribution is -2.53. The summed E-state index contributed by atoms with van der Waals surface area (Å²) in [5, 5.41) is 52.9. The van der Waals surface area contributed by atoms with E-state index in [4.69, 9.17) is 0 Å². The van der Waals surface area contributed by atoms with Crippen LogP contribution >= 0.6 is 0 Å². The Hall–Kier alpha value is -3.00. The lowest BCUT2D eigenvalue weighted by molar-refractivity contribution is -0.796. The standard InChI is InChI=1S/C7H11N5O10/c13-8(14)4-2-1-3-5(9(15)16)6(10(17)18)7(11(19)20)12(21)22/h5-7H,1-4H2. The highest BCUT2D eigenvalue weighted by Crippen LogP contribution is 2.17. The van der Waals surface area contributed by atoms with Crippen LogP contribution in [0.1, 0.15) is 19.3 Å². The molecule has 0 heterocycles. The maximum absolute atomic E-state index is 10.8. The number of unbranched alkanes of at least 4 members (excludes halogenated alkanes) is 1. The molecule has 0 N–H and O–H groups in total. The fourth-order valence-electron chi connectivity index (χ4n) is 1.77. The first kappa shape index (κ1) is 19.0. The molecule has 0 aromatic heterocycles. The van der Waals surface area contributed by atoms with Gasteiger partial charge in [-0.05, 0) is 6.42 Å². The normalized spacial score (nSPS) is 13.3. The molecule has 22 heavy (non-hydrogen) atoms. The molecule has 0 aromatic rings. The van der Waals surface area contributed by atoms with Crippen molar-refractivity contribution >= 4 is 0 Å². The van der Waals surface area contributed by atoms with Crippen molar-refractivity contribution in [3.8, 4) is 0 Å². The van der Waals surface area contributed by atoms with Gasteiger partial charge in [-0.25, -0.2) is 0 Å². The van der Waals surface area contributed by atoms with Crippen molar-refractivity contribution in [3.05, 3.63) is 50.6 Å². The van der Waals surface area contributed by atoms with Crippen LogP contribution in [0.3, 0.4) is 0 Å². The maximum Gasteiger partial charge on any atom is 0.522 e. The molecule has 2 unspecified atom stereocenters. The van der Waals surface area contributed by atoms with Gasteiger partial charge in [0.1, 0.15) is 9.85 Å². The molecule has 0 fully saturated rings. The number of nitro groups is 5. The van der Waals surface area contributed by atoms with Gasteiger partial charge in [-0.2, -0.15) is 0 Å². The minimum Gasteiger partial charge on any atom is -0.265 e. The maximum atomic E-state index is 10.8. The summed E-state index contributed by atoms with van der Waals surface area (Å²) < 4.78 is 0. The second kappa shape index (κ2) is 8.32. The summed E-state index contributed by atoms with van der Waals surface area (Å²) in [7, 11) is 0. The molecule has 0 aromatic carbocycles. The largest absolute Gasteiger partial charge is 0.522 e. The van der Waals surface area contributed by atoms with E-state index in [1.54, 1.807) is 0 Å². The fraction of sp³-hybridized carbons (Fsp3) is 1.00. The Bertz CT molecular complexity index is 466. The highest BCUT2D eigenvalue weighted by atomic mass is 16.7. The zero-order valence-electron chi connectivity index (χ0n) is 10.9. The van der Waals surface area contributed by atoms with Crippen LogP contribution in [-0.4, -0.2) is 49.4 Å². The molecule has 124 valence electrons. The van der Waals surface area contributed by atoms with E-state index < -0.39 is 55.8 Å². The zero-order valence-corrected chi connectivity index (χ0v) is 10.9. The number of rotatable bonds is 11. The van der Waals surface area contributed by atoms with E-state index in [1.807, 2.05) is 0 Å². The molecular formula is C7H11N5O10. The van der Waals surface area contributed by atoms with Gasteiger partial charge in [-0.1, -0.05) is 0 Å². The summed E-state index contributed by atoms with van der Waals surface area (Å²) in [6.07, 6.45) is -3.95. The molecule has 0 aliphatic carbocycles. The van der Waals surface area contributed by atoms with Gasteiger partial charge in [0.15, 0.2) is 0 Å². The molecule has 0 saturated carbocycles. The first-order valence-electron chi connectivity index (χ1n) is 5.75. The van der Waals surface area contributed by atoms with Crippen molar-refractivity contribution in [2.45, 2.75) is 37.5 Å². The summed E-state index contributed by atoms with van der Waals surface area (Å²) in [5.41, 5.74) is 0. The second-order valence-electron chi connectivity index (χ2n) is 4.17. The molecule has 0 aliphatic heterocycles. The van der Waals surface area contributed by atoms with Crippen LogP contribution in [-0.2, 0) is 0 Å². The first-order chi connectivity index (χ1) is 10.1. The molecule has 0 rings (SSSR count). The Morgan fingerprint density at radius 3 is 1.50 bits per heavy atom. The van der Waals surface area contributed by atoms with E-state index in [-0.39, 0.29) is 12.8 Å². The van der Waals surface area contributed by atoms with Crippen LogP contribution in [0.4, 0.5) is 0 Å². The molecule has 15 heteroatoms. The second-order valence-corrected chi connectivity index (χ2v) is 4.17. The van der Waals surface area contributed by atoms with E-state index in [9.17, 15) is 50.6 Å². The number of hydrogen-bond donors (Lipinski definition) is 0. The first-order valence-corrected chi connectivity index (χ1v) is 5.75. The predicted octanol–water partition coefficient (Wildman–Crippen LogP) is -0.396. The molecule has 0 amide bonds. The minimum atomic E-state index is -2.97. The van der Waals surface area contributed by atoms with Gasteiger partial charge in [0.2, 0.25) is 6.54 Å². The Labute approximate surface area is 120 Å². The van der Waals surface area contributed by atoms with Crippen LogP contribution < -0.4 is 0 Å². The molecule has 0 spiro atoms. The average molecular weight is 325 g/mol. The summed E-state index contributed by atoms with van der Waals surface area (Å²) in [6.45, 7) is -0.540. The molecule has 0 saturated heterocycles. The van der Waals surface area contributed by atoms with Gasteiger partial charge >= 0.3 is 12.2 Å². The fourth-order valence-corrected chi connectivity index (χ4v) is 1.77. The van der Waals surface area contributed by atoms with E-state index in [1.165, 1.54) is 0 Å². The summed E-state index contributed by atoms with van der Waals surface area (Å²) in [4.78, 5) is 46.4. The van der Waals surface area contributed by atoms with Crippen molar-refractivity contribution in [1.82, 2.24) is 0 Å². The Morgan fingerprint density at radius 2 is 1.18 bits per heavy atom. The third-order valence-corrected chi connectivity index (χ3v) is 2.74. The zero-order chi connectivity index (χ0) is 17.4.